The number of hydrogen-bond donors (Lipinski definition) is 4. The number of carbonyl (C=O) groups is 2. The van der Waals surface area contributed by atoms with Gasteiger partial charge >= 0.3 is 7.12 Å². The van der Waals surface area contributed by atoms with Crippen molar-refractivity contribution < 1.29 is 19.6 Å². The lowest BCUT2D eigenvalue weighted by Crippen LogP contribution is -2.34. The van der Waals surface area contributed by atoms with Crippen LogP contribution in [0.5, 0.6) is 0 Å². The Bertz CT molecular complexity index is 2020. The highest BCUT2D eigenvalue weighted by molar-refractivity contribution is 9.11. The molecule has 0 aliphatic carbocycles. The van der Waals surface area contributed by atoms with Gasteiger partial charge in [0, 0.05) is 55.0 Å². The lowest BCUT2D eigenvalue weighted by Gasteiger charge is -2.22. The molecule has 2 aromatic heterocycles. The van der Waals surface area contributed by atoms with E-state index in [1.165, 1.54) is 0 Å². The van der Waals surface area contributed by atoms with E-state index in [4.69, 9.17) is 21.5 Å². The molecule has 6 rings (SSSR count). The van der Waals surface area contributed by atoms with Crippen LogP contribution in [0.4, 0.5) is 11.4 Å². The Labute approximate surface area is 347 Å². The average molecular weight is 860 g/mol. The van der Waals surface area contributed by atoms with Gasteiger partial charge in [-0.2, -0.15) is 0 Å². The van der Waals surface area contributed by atoms with Crippen LogP contribution in [-0.2, 0) is 9.59 Å². The molecule has 0 radical (unpaired) electrons. The maximum atomic E-state index is 13.0. The third kappa shape index (κ3) is 12.9. The second-order valence-electron chi connectivity index (χ2n) is 13.3. The number of halogens is 1. The molecule has 14 heteroatoms. The van der Waals surface area contributed by atoms with E-state index in [1.54, 1.807) is 46.9 Å². The second-order valence-corrected chi connectivity index (χ2v) is 16.8. The Hall–Kier alpha value is -4.34. The molecule has 2 aliphatic rings. The van der Waals surface area contributed by atoms with Gasteiger partial charge in [-0.25, -0.2) is 9.98 Å². The quantitative estimate of drug-likeness (QED) is 0.105. The number of hydrogen-bond acceptors (Lipinski definition) is 10. The molecule has 0 saturated carbocycles. The summed E-state index contributed by atoms with van der Waals surface area (Å²) in [6.07, 6.45) is 8.56. The number of thiophene rings is 2. The highest BCUT2D eigenvalue weighted by Crippen LogP contribution is 2.40. The fraction of sp³-hybridized carbons (Fsp3) is 0.333. The first-order valence-corrected chi connectivity index (χ1v) is 21.5. The van der Waals surface area contributed by atoms with Gasteiger partial charge in [0.2, 0.25) is 11.8 Å². The molecule has 0 fully saturated rings. The summed E-state index contributed by atoms with van der Waals surface area (Å²) >= 11 is 6.68. The van der Waals surface area contributed by atoms with Crippen LogP contribution in [0, 0.1) is 0 Å². The van der Waals surface area contributed by atoms with E-state index < -0.39 is 7.12 Å². The van der Waals surface area contributed by atoms with Gasteiger partial charge in [-0.3, -0.25) is 9.59 Å². The van der Waals surface area contributed by atoms with Crippen LogP contribution in [-0.4, -0.2) is 76.6 Å². The number of benzene rings is 2. The summed E-state index contributed by atoms with van der Waals surface area (Å²) in [5.41, 5.74) is 16.9. The topological polar surface area (TPSA) is 158 Å². The lowest BCUT2D eigenvalue weighted by atomic mass is 9.81. The molecule has 56 heavy (non-hydrogen) atoms. The molecule has 6 N–H and O–H groups in total. The largest absolute Gasteiger partial charge is 0.488 e. The number of nitrogens with two attached hydrogens (primary N) is 2. The molecule has 4 aromatic rings. The summed E-state index contributed by atoms with van der Waals surface area (Å²) in [5, 5.41) is 17.2. The Morgan fingerprint density at radius 3 is 1.55 bits per heavy atom. The molecule has 0 unspecified atom stereocenters. The summed E-state index contributed by atoms with van der Waals surface area (Å²) in [4.78, 5) is 41.7. The fourth-order valence-corrected chi connectivity index (χ4v) is 8.70. The minimum atomic E-state index is -1.34. The summed E-state index contributed by atoms with van der Waals surface area (Å²) in [6.45, 7) is 11.5. The summed E-state index contributed by atoms with van der Waals surface area (Å²) in [5.74, 6) is 1.14. The molecule has 0 bridgehead atoms. The van der Waals surface area contributed by atoms with E-state index in [9.17, 15) is 9.59 Å². The number of carbonyl (C=O) groups excluding carboxylic acids is 2. The number of fused-ring (bicyclic) bond motifs is 2. The van der Waals surface area contributed by atoms with Gasteiger partial charge in [-0.15, -0.1) is 22.7 Å². The smallest absolute Gasteiger partial charge is 0.423 e. The van der Waals surface area contributed by atoms with Crippen molar-refractivity contribution in [1.82, 2.24) is 9.80 Å². The number of rotatable bonds is 12. The average Bonchev–Trinajstić information content (AvgIpc) is 3.65. The maximum Gasteiger partial charge on any atom is 0.488 e. The van der Waals surface area contributed by atoms with Gasteiger partial charge in [0.25, 0.3) is 0 Å². The van der Waals surface area contributed by atoms with Gasteiger partial charge < -0.3 is 31.3 Å². The van der Waals surface area contributed by atoms with E-state index in [0.29, 0.717) is 30.0 Å². The van der Waals surface area contributed by atoms with Crippen molar-refractivity contribution in [2.24, 2.45) is 21.5 Å². The van der Waals surface area contributed by atoms with Gasteiger partial charge in [0.05, 0.1) is 24.9 Å². The van der Waals surface area contributed by atoms with Gasteiger partial charge in [0.15, 0.2) is 0 Å². The molecular weight excluding hydrogens is 807 g/mol. The van der Waals surface area contributed by atoms with Crippen molar-refractivity contribution in [3.05, 3.63) is 97.5 Å². The normalized spacial score (nSPS) is 13.0. The van der Waals surface area contributed by atoms with Crippen molar-refractivity contribution in [2.45, 2.75) is 66.2 Å². The molecular formula is C42H52BBrN6O4S2. The van der Waals surface area contributed by atoms with Crippen molar-refractivity contribution in [3.8, 4) is 10.4 Å². The van der Waals surface area contributed by atoms with Gasteiger partial charge in [-0.1, -0.05) is 88.4 Å². The molecule has 2 aliphatic heterocycles. The maximum absolute atomic E-state index is 13.0. The summed E-state index contributed by atoms with van der Waals surface area (Å²) in [6, 6.07) is 22.9. The SMILES string of the molecule is CCCN(CCC)C(=O)C1=Cc2sc(-c3ccccc3)cc2N=C(N)C1.CCCN(CCC)C(=O)C1=Cc2sc(Br)cc2N=C(N)C1.OB(O)c1ccccc1. The minimum absolute atomic E-state index is 0.0780. The molecule has 0 saturated heterocycles. The first-order valence-electron chi connectivity index (χ1n) is 19.0. The summed E-state index contributed by atoms with van der Waals surface area (Å²) in [7, 11) is -1.34. The monoisotopic (exact) mass is 858 g/mol. The number of amidine groups is 2. The Kier molecular flexibility index (Phi) is 17.8. The third-order valence-corrected chi connectivity index (χ3v) is 11.3. The highest BCUT2D eigenvalue weighted by atomic mass is 79.9. The fourth-order valence-electron chi connectivity index (χ4n) is 6.10. The molecule has 4 heterocycles. The van der Waals surface area contributed by atoms with Crippen LogP contribution in [0.3, 0.4) is 0 Å². The van der Waals surface area contributed by atoms with Crippen LogP contribution >= 0.6 is 38.6 Å². The molecule has 296 valence electrons. The van der Waals surface area contributed by atoms with Crippen LogP contribution in [0.15, 0.2) is 97.7 Å². The van der Waals surface area contributed by atoms with Crippen molar-refractivity contribution in [2.75, 3.05) is 26.2 Å². The molecule has 2 aromatic carbocycles. The standard InChI is InChI=1S/C21H25N3OS.C15H20BrN3OS.C6H7BO2/c1-3-10-24(11-4-2)21(25)16-12-19-17(23-20(22)13-16)14-18(26-19)15-8-6-5-7-9-15;1-3-5-19(6-4-2)15(20)10-7-12-11(9-13(16)21-12)18-14(17)8-10;8-7(9)6-4-2-1-3-5-6/h5-9,12,14H,3-4,10-11,13H2,1-2H3,(H2,22,23);7,9H,3-6,8H2,1-2H3,(H2,17,18);1-5,8-9H. The van der Waals surface area contributed by atoms with Crippen molar-refractivity contribution in [1.29, 1.82) is 0 Å². The van der Waals surface area contributed by atoms with E-state index >= 15 is 0 Å². The van der Waals surface area contributed by atoms with Crippen LogP contribution in [0.2, 0.25) is 0 Å². The first-order chi connectivity index (χ1) is 27.0. The molecule has 0 spiro atoms. The zero-order valence-corrected chi connectivity index (χ0v) is 35.8. The first kappa shape index (κ1) is 44.4. The van der Waals surface area contributed by atoms with Gasteiger partial charge in [0.1, 0.15) is 11.7 Å². The third-order valence-electron chi connectivity index (χ3n) is 8.59. The summed E-state index contributed by atoms with van der Waals surface area (Å²) < 4.78 is 0.993. The lowest BCUT2D eigenvalue weighted by molar-refractivity contribution is -0.128. The zero-order chi connectivity index (χ0) is 40.6. The Morgan fingerprint density at radius 2 is 1.12 bits per heavy atom. The highest BCUT2D eigenvalue weighted by Gasteiger charge is 2.23. The van der Waals surface area contributed by atoms with Crippen molar-refractivity contribution in [3.63, 3.8) is 0 Å². The Morgan fingerprint density at radius 1 is 0.696 bits per heavy atom. The predicted octanol–water partition coefficient (Wildman–Crippen LogP) is 8.14. The van der Waals surface area contributed by atoms with E-state index in [-0.39, 0.29) is 11.8 Å². The van der Waals surface area contributed by atoms with Crippen LogP contribution in [0.1, 0.15) is 76.0 Å². The predicted molar refractivity (Wildman–Crippen MR) is 240 cm³/mol. The molecule has 0 atom stereocenters. The van der Waals surface area contributed by atoms with E-state index in [1.807, 2.05) is 52.3 Å². The molecule has 2 amide bonds. The van der Waals surface area contributed by atoms with Gasteiger partial charge in [-0.05, 0) is 76.9 Å². The second kappa shape index (κ2) is 22.4. The zero-order valence-electron chi connectivity index (χ0n) is 32.6. The number of nitrogens with zero attached hydrogens (tertiary/aromatic N) is 4. The number of amides is 2. The molecule has 10 nitrogen and oxygen atoms in total. The van der Waals surface area contributed by atoms with Crippen LogP contribution in [0.25, 0.3) is 22.6 Å². The van der Waals surface area contributed by atoms with E-state index in [0.717, 1.165) is 98.4 Å². The Balaban J connectivity index is 0.000000207. The minimum Gasteiger partial charge on any atom is -0.423 e. The number of aliphatic imine (C=N–C) groups is 2. The van der Waals surface area contributed by atoms with Crippen LogP contribution < -0.4 is 16.9 Å². The van der Waals surface area contributed by atoms with E-state index in [2.05, 4.69) is 71.8 Å². The van der Waals surface area contributed by atoms with Crippen molar-refractivity contribution >= 4 is 98.2 Å².